The van der Waals surface area contributed by atoms with Gasteiger partial charge in [0.15, 0.2) is 11.6 Å². The summed E-state index contributed by atoms with van der Waals surface area (Å²) in [7, 11) is -4.07. The molecule has 29 heavy (non-hydrogen) atoms. The Morgan fingerprint density at radius 1 is 0.966 bits per heavy atom. The molecule has 0 radical (unpaired) electrons. The molecule has 0 spiro atoms. The first-order valence-corrected chi connectivity index (χ1v) is 9.63. The maximum absolute atomic E-state index is 13.8. The van der Waals surface area contributed by atoms with Crippen LogP contribution in [0, 0.1) is 28.8 Å². The highest BCUT2D eigenvalue weighted by atomic mass is 32.2. The van der Waals surface area contributed by atoms with E-state index in [2.05, 4.69) is 15.0 Å². The van der Waals surface area contributed by atoms with Crippen molar-refractivity contribution in [2.45, 2.75) is 11.4 Å². The Kier molecular flexibility index (Phi) is 5.70. The van der Waals surface area contributed by atoms with Crippen LogP contribution in [0.2, 0.25) is 0 Å². The van der Waals surface area contributed by atoms with Gasteiger partial charge in [-0.05, 0) is 42.5 Å². The van der Waals surface area contributed by atoms with Crippen LogP contribution in [0.15, 0.2) is 59.6 Å². The zero-order valence-electron chi connectivity index (χ0n) is 14.7. The summed E-state index contributed by atoms with van der Waals surface area (Å²) in [5.41, 5.74) is 0.419. The summed E-state index contributed by atoms with van der Waals surface area (Å²) < 4.78 is 66.8. The molecule has 0 aliphatic carbocycles. The molecule has 3 aromatic rings. The second kappa shape index (κ2) is 8.20. The first-order valence-electron chi connectivity index (χ1n) is 8.15. The molecule has 1 aromatic heterocycles. The predicted molar refractivity (Wildman–Crippen MR) is 99.8 cm³/mol. The minimum Gasteiger partial charge on any atom is -0.366 e. The van der Waals surface area contributed by atoms with Crippen molar-refractivity contribution >= 4 is 21.5 Å². The van der Waals surface area contributed by atoms with Gasteiger partial charge in [0, 0.05) is 24.4 Å². The molecule has 0 amide bonds. The van der Waals surface area contributed by atoms with Gasteiger partial charge in [-0.3, -0.25) is 4.72 Å². The van der Waals surface area contributed by atoms with E-state index in [1.54, 1.807) is 0 Å². The number of benzene rings is 2. The van der Waals surface area contributed by atoms with Gasteiger partial charge in [-0.25, -0.2) is 26.6 Å². The van der Waals surface area contributed by atoms with Gasteiger partial charge in [0.1, 0.15) is 16.5 Å². The molecule has 0 saturated heterocycles. The zero-order chi connectivity index (χ0) is 21.0. The van der Waals surface area contributed by atoms with E-state index in [1.807, 2.05) is 6.07 Å². The molecule has 0 aliphatic heterocycles. The summed E-state index contributed by atoms with van der Waals surface area (Å²) in [5, 5.41) is 11.7. The summed E-state index contributed by atoms with van der Waals surface area (Å²) in [5.74, 6) is -2.50. The molecule has 0 atom stereocenters. The Morgan fingerprint density at radius 2 is 1.72 bits per heavy atom. The number of nitrogens with zero attached hydrogens (tertiary/aromatic N) is 2. The Morgan fingerprint density at radius 3 is 2.38 bits per heavy atom. The molecule has 3 rings (SSSR count). The number of halogens is 3. The Balaban J connectivity index is 1.71. The molecule has 0 fully saturated rings. The van der Waals surface area contributed by atoms with Crippen molar-refractivity contribution in [2.24, 2.45) is 0 Å². The van der Waals surface area contributed by atoms with Crippen molar-refractivity contribution in [3.63, 3.8) is 0 Å². The predicted octanol–water partition coefficient (Wildman–Crippen LogP) is 3.78. The van der Waals surface area contributed by atoms with E-state index in [1.165, 1.54) is 30.3 Å². The highest BCUT2D eigenvalue weighted by Crippen LogP contribution is 2.19. The lowest BCUT2D eigenvalue weighted by Crippen LogP contribution is -2.14. The number of nitrogens with one attached hydrogen (secondary N) is 2. The second-order valence-corrected chi connectivity index (χ2v) is 7.57. The Labute approximate surface area is 164 Å². The number of aromatic nitrogens is 1. The van der Waals surface area contributed by atoms with Crippen molar-refractivity contribution in [3.8, 4) is 6.07 Å². The second-order valence-electron chi connectivity index (χ2n) is 5.89. The molecule has 2 N–H and O–H groups in total. The third kappa shape index (κ3) is 4.83. The van der Waals surface area contributed by atoms with E-state index in [-0.39, 0.29) is 28.5 Å². The van der Waals surface area contributed by atoms with E-state index in [0.717, 1.165) is 24.4 Å². The maximum Gasteiger partial charge on any atom is 0.263 e. The summed E-state index contributed by atoms with van der Waals surface area (Å²) >= 11 is 0. The first-order chi connectivity index (χ1) is 13.8. The van der Waals surface area contributed by atoms with E-state index < -0.39 is 27.5 Å². The lowest BCUT2D eigenvalue weighted by molar-refractivity contribution is 0.509. The SMILES string of the molecule is N#Cc1ccc(F)c(CNc2ccc(S(=O)(=O)Nc3ccc(F)c(F)c3)cn2)c1. The van der Waals surface area contributed by atoms with Crippen molar-refractivity contribution in [1.29, 1.82) is 5.26 Å². The molecule has 0 aliphatic rings. The zero-order valence-corrected chi connectivity index (χ0v) is 15.5. The van der Waals surface area contributed by atoms with Gasteiger partial charge in [-0.1, -0.05) is 0 Å². The average Bonchev–Trinajstić information content (AvgIpc) is 2.70. The third-order valence-corrected chi connectivity index (χ3v) is 5.22. The van der Waals surface area contributed by atoms with Crippen molar-refractivity contribution < 1.29 is 21.6 Å². The van der Waals surface area contributed by atoms with Crippen LogP contribution in [0.25, 0.3) is 0 Å². The summed E-state index contributed by atoms with van der Waals surface area (Å²) in [6, 6.07) is 11.1. The molecule has 2 aromatic carbocycles. The molecular formula is C19H13F3N4O2S. The number of sulfonamides is 1. The van der Waals surface area contributed by atoms with Gasteiger partial charge in [0.05, 0.1) is 17.3 Å². The van der Waals surface area contributed by atoms with Crippen LogP contribution in [-0.4, -0.2) is 13.4 Å². The van der Waals surface area contributed by atoms with Gasteiger partial charge in [0.25, 0.3) is 10.0 Å². The average molecular weight is 418 g/mol. The first kappa shape index (κ1) is 20.2. The number of hydrogen-bond donors (Lipinski definition) is 2. The maximum atomic E-state index is 13.8. The molecule has 1 heterocycles. The van der Waals surface area contributed by atoms with Crippen LogP contribution < -0.4 is 10.0 Å². The highest BCUT2D eigenvalue weighted by molar-refractivity contribution is 7.92. The van der Waals surface area contributed by atoms with E-state index in [4.69, 9.17) is 5.26 Å². The fraction of sp³-hybridized carbons (Fsp3) is 0.0526. The molecule has 0 bridgehead atoms. The number of hydrogen-bond acceptors (Lipinski definition) is 5. The van der Waals surface area contributed by atoms with Crippen LogP contribution in [-0.2, 0) is 16.6 Å². The molecular weight excluding hydrogens is 405 g/mol. The lowest BCUT2D eigenvalue weighted by Gasteiger charge is -2.10. The van der Waals surface area contributed by atoms with E-state index in [9.17, 15) is 21.6 Å². The van der Waals surface area contributed by atoms with Crippen LogP contribution in [0.4, 0.5) is 24.7 Å². The van der Waals surface area contributed by atoms with Gasteiger partial charge < -0.3 is 5.32 Å². The molecule has 10 heteroatoms. The van der Waals surface area contributed by atoms with Crippen LogP contribution >= 0.6 is 0 Å². The minimum absolute atomic E-state index is 0.0353. The Hall–Kier alpha value is -3.58. The van der Waals surface area contributed by atoms with Crippen LogP contribution in [0.1, 0.15) is 11.1 Å². The standard InChI is InChI=1S/C19H13F3N4O2S/c20-16-4-1-12(9-23)7-13(16)10-24-19-6-3-15(11-25-19)29(27,28)26-14-2-5-17(21)18(22)8-14/h1-8,11,26H,10H2,(H,24,25). The minimum atomic E-state index is -4.07. The van der Waals surface area contributed by atoms with Crippen molar-refractivity contribution in [1.82, 2.24) is 4.98 Å². The van der Waals surface area contributed by atoms with Gasteiger partial charge in [-0.2, -0.15) is 5.26 Å². The molecule has 6 nitrogen and oxygen atoms in total. The lowest BCUT2D eigenvalue weighted by atomic mass is 10.1. The smallest absolute Gasteiger partial charge is 0.263 e. The van der Waals surface area contributed by atoms with Gasteiger partial charge >= 0.3 is 0 Å². The number of anilines is 2. The normalized spacial score (nSPS) is 11.0. The molecule has 0 saturated carbocycles. The largest absolute Gasteiger partial charge is 0.366 e. The Bertz CT molecular complexity index is 1190. The summed E-state index contributed by atoms with van der Waals surface area (Å²) in [6.45, 7) is 0.0353. The molecule has 0 unspecified atom stereocenters. The highest BCUT2D eigenvalue weighted by Gasteiger charge is 2.16. The fourth-order valence-corrected chi connectivity index (χ4v) is 3.38. The monoisotopic (exact) mass is 418 g/mol. The van der Waals surface area contributed by atoms with Gasteiger partial charge in [0.2, 0.25) is 0 Å². The third-order valence-electron chi connectivity index (χ3n) is 3.85. The number of rotatable bonds is 6. The number of nitriles is 1. The topological polar surface area (TPSA) is 94.9 Å². The molecule has 148 valence electrons. The van der Waals surface area contributed by atoms with Crippen LogP contribution in [0.5, 0.6) is 0 Å². The van der Waals surface area contributed by atoms with Crippen molar-refractivity contribution in [3.05, 3.63) is 83.3 Å². The van der Waals surface area contributed by atoms with Crippen LogP contribution in [0.3, 0.4) is 0 Å². The van der Waals surface area contributed by atoms with E-state index >= 15 is 0 Å². The van der Waals surface area contributed by atoms with E-state index in [0.29, 0.717) is 5.56 Å². The summed E-state index contributed by atoms with van der Waals surface area (Å²) in [6.07, 6.45) is 1.06. The number of pyridine rings is 1. The van der Waals surface area contributed by atoms with Crippen molar-refractivity contribution in [2.75, 3.05) is 10.0 Å². The quantitative estimate of drug-likeness (QED) is 0.635. The van der Waals surface area contributed by atoms with Gasteiger partial charge in [-0.15, -0.1) is 0 Å². The fourth-order valence-electron chi connectivity index (χ4n) is 2.38. The summed E-state index contributed by atoms with van der Waals surface area (Å²) in [4.78, 5) is 3.75.